The summed E-state index contributed by atoms with van der Waals surface area (Å²) in [6.07, 6.45) is 2.64. The van der Waals surface area contributed by atoms with E-state index >= 15 is 0 Å². The average Bonchev–Trinajstić information content (AvgIpc) is 3.03. The lowest BCUT2D eigenvalue weighted by molar-refractivity contribution is 0.279. The van der Waals surface area contributed by atoms with Gasteiger partial charge in [-0.2, -0.15) is 0 Å². The molecule has 110 valence electrons. The highest BCUT2D eigenvalue weighted by Gasteiger charge is 2.14. The van der Waals surface area contributed by atoms with Crippen LogP contribution in [0.4, 0.5) is 0 Å². The first-order chi connectivity index (χ1) is 10.4. The summed E-state index contributed by atoms with van der Waals surface area (Å²) in [6, 6.07) is 16.7. The zero-order valence-electron chi connectivity index (χ0n) is 12.2. The Labute approximate surface area is 130 Å². The zero-order valence-corrected chi connectivity index (χ0v) is 13.0. The molecule has 0 unspecified atom stereocenters. The van der Waals surface area contributed by atoms with Gasteiger partial charge in [0.1, 0.15) is 0 Å². The highest BCUT2D eigenvalue weighted by Crippen LogP contribution is 2.33. The molecule has 0 spiro atoms. The van der Waals surface area contributed by atoms with Gasteiger partial charge in [-0.15, -0.1) is 0 Å². The molecule has 1 aliphatic heterocycles. The second-order valence-corrected chi connectivity index (χ2v) is 6.54. The number of benzene rings is 2. The Balaban J connectivity index is 1.81. The molecule has 0 radical (unpaired) electrons. The number of hydrogen-bond acceptors (Lipinski definition) is 3. The molecule has 0 amide bonds. The Morgan fingerprint density at radius 2 is 1.43 bits per heavy atom. The number of aliphatic hydroxyl groups excluding tert-OH is 1. The summed E-state index contributed by atoms with van der Waals surface area (Å²) >= 11 is 1.76. The van der Waals surface area contributed by atoms with Crippen LogP contribution in [-0.4, -0.2) is 23.1 Å². The molecule has 0 bridgehead atoms. The molecule has 1 N–H and O–H groups in total. The van der Waals surface area contributed by atoms with Gasteiger partial charge < -0.3 is 5.11 Å². The Hall–Kier alpha value is -1.29. The minimum Gasteiger partial charge on any atom is -0.392 e. The Morgan fingerprint density at radius 3 is 2.10 bits per heavy atom. The first-order valence-corrected chi connectivity index (χ1v) is 8.35. The van der Waals surface area contributed by atoms with Crippen molar-refractivity contribution in [3.05, 3.63) is 59.7 Å². The van der Waals surface area contributed by atoms with Gasteiger partial charge in [0.05, 0.1) is 6.61 Å². The van der Waals surface area contributed by atoms with E-state index in [4.69, 9.17) is 0 Å². The van der Waals surface area contributed by atoms with Crippen LogP contribution in [0, 0.1) is 0 Å². The van der Waals surface area contributed by atoms with Crippen LogP contribution in [0.2, 0.25) is 0 Å². The van der Waals surface area contributed by atoms with E-state index in [0.717, 1.165) is 17.0 Å². The summed E-state index contributed by atoms with van der Waals surface area (Å²) in [5.41, 5.74) is 2.38. The predicted molar refractivity (Wildman–Crippen MR) is 87.4 cm³/mol. The third kappa shape index (κ3) is 3.67. The molecule has 0 aromatic heterocycles. The molecule has 1 fully saturated rings. The predicted octanol–water partition coefficient (Wildman–Crippen LogP) is 3.93. The maximum atomic E-state index is 9.47. The average molecular weight is 299 g/mol. The monoisotopic (exact) mass is 299 g/mol. The third-order valence-electron chi connectivity index (χ3n) is 3.93. The Kier molecular flexibility index (Phi) is 4.96. The van der Waals surface area contributed by atoms with Crippen molar-refractivity contribution in [2.24, 2.45) is 0 Å². The van der Waals surface area contributed by atoms with E-state index < -0.39 is 0 Å². The van der Waals surface area contributed by atoms with Crippen molar-refractivity contribution < 1.29 is 5.11 Å². The minimum atomic E-state index is 0.0947. The molecule has 0 aliphatic carbocycles. The molecule has 1 saturated heterocycles. The summed E-state index contributed by atoms with van der Waals surface area (Å²) in [7, 11) is 0. The Bertz CT molecular complexity index is 593. The van der Waals surface area contributed by atoms with Crippen LogP contribution in [0.15, 0.2) is 58.3 Å². The summed E-state index contributed by atoms with van der Waals surface area (Å²) in [4.78, 5) is 4.97. The van der Waals surface area contributed by atoms with Gasteiger partial charge in [0, 0.05) is 16.3 Å². The molecule has 1 heterocycles. The van der Waals surface area contributed by atoms with Gasteiger partial charge in [0.25, 0.3) is 0 Å². The van der Waals surface area contributed by atoms with E-state index in [1.54, 1.807) is 11.8 Å². The van der Waals surface area contributed by atoms with Crippen LogP contribution in [0.5, 0.6) is 0 Å². The highest BCUT2D eigenvalue weighted by atomic mass is 32.2. The van der Waals surface area contributed by atoms with E-state index in [9.17, 15) is 5.11 Å². The van der Waals surface area contributed by atoms with E-state index in [1.165, 1.54) is 36.4 Å². The van der Waals surface area contributed by atoms with Gasteiger partial charge in [-0.25, -0.2) is 0 Å². The van der Waals surface area contributed by atoms with Gasteiger partial charge in [-0.1, -0.05) is 48.2 Å². The number of nitrogens with zero attached hydrogens (tertiary/aromatic N) is 1. The molecule has 2 aromatic carbocycles. The smallest absolute Gasteiger partial charge is 0.0692 e. The molecule has 21 heavy (non-hydrogen) atoms. The van der Waals surface area contributed by atoms with Crippen molar-refractivity contribution >= 4 is 11.8 Å². The maximum absolute atomic E-state index is 9.47. The van der Waals surface area contributed by atoms with E-state index in [2.05, 4.69) is 35.2 Å². The topological polar surface area (TPSA) is 23.5 Å². The second-order valence-electron chi connectivity index (χ2n) is 5.46. The van der Waals surface area contributed by atoms with Gasteiger partial charge >= 0.3 is 0 Å². The summed E-state index contributed by atoms with van der Waals surface area (Å²) < 4.78 is 0. The van der Waals surface area contributed by atoms with Gasteiger partial charge in [0.2, 0.25) is 0 Å². The number of aliphatic hydroxyl groups is 1. The first-order valence-electron chi connectivity index (χ1n) is 7.53. The molecular formula is C18H21NOS. The molecule has 3 heteroatoms. The fourth-order valence-corrected chi connectivity index (χ4v) is 3.83. The van der Waals surface area contributed by atoms with Crippen LogP contribution >= 0.6 is 11.8 Å². The van der Waals surface area contributed by atoms with Crippen LogP contribution in [0.25, 0.3) is 0 Å². The lowest BCUT2D eigenvalue weighted by Crippen LogP contribution is -2.18. The molecule has 3 rings (SSSR count). The Morgan fingerprint density at radius 1 is 0.857 bits per heavy atom. The molecule has 0 atom stereocenters. The van der Waals surface area contributed by atoms with Crippen LogP contribution in [-0.2, 0) is 13.2 Å². The second kappa shape index (κ2) is 7.12. The van der Waals surface area contributed by atoms with E-state index in [0.29, 0.717) is 0 Å². The van der Waals surface area contributed by atoms with Crippen molar-refractivity contribution in [2.75, 3.05) is 13.1 Å². The van der Waals surface area contributed by atoms with Crippen molar-refractivity contribution in [3.63, 3.8) is 0 Å². The quantitative estimate of drug-likeness (QED) is 0.905. The SMILES string of the molecule is OCc1ccccc1Sc1ccccc1CN1CCCC1. The van der Waals surface area contributed by atoms with Gasteiger partial charge in [0.15, 0.2) is 0 Å². The third-order valence-corrected chi connectivity index (χ3v) is 5.16. The highest BCUT2D eigenvalue weighted by molar-refractivity contribution is 7.99. The van der Waals surface area contributed by atoms with Crippen molar-refractivity contribution in [1.29, 1.82) is 0 Å². The molecule has 0 saturated carbocycles. The van der Waals surface area contributed by atoms with Crippen molar-refractivity contribution in [2.45, 2.75) is 35.8 Å². The van der Waals surface area contributed by atoms with E-state index in [-0.39, 0.29) is 6.61 Å². The standard InChI is InChI=1S/C18H21NOS/c20-14-16-8-2-4-10-18(16)21-17-9-3-1-7-15(17)13-19-11-5-6-12-19/h1-4,7-10,20H,5-6,11-14H2. The first kappa shape index (κ1) is 14.6. The normalized spacial score (nSPS) is 15.5. The number of rotatable bonds is 5. The van der Waals surface area contributed by atoms with Crippen LogP contribution < -0.4 is 0 Å². The molecule has 1 aliphatic rings. The van der Waals surface area contributed by atoms with Gasteiger partial charge in [-0.05, 0) is 49.2 Å². The summed E-state index contributed by atoms with van der Waals surface area (Å²) in [5, 5.41) is 9.47. The summed E-state index contributed by atoms with van der Waals surface area (Å²) in [5.74, 6) is 0. The maximum Gasteiger partial charge on any atom is 0.0692 e. The van der Waals surface area contributed by atoms with E-state index in [1.807, 2.05) is 18.2 Å². The van der Waals surface area contributed by atoms with Crippen LogP contribution in [0.1, 0.15) is 24.0 Å². The van der Waals surface area contributed by atoms with Crippen LogP contribution in [0.3, 0.4) is 0 Å². The molecule has 2 aromatic rings. The number of likely N-dealkylation sites (tertiary alicyclic amines) is 1. The largest absolute Gasteiger partial charge is 0.392 e. The minimum absolute atomic E-state index is 0.0947. The lowest BCUT2D eigenvalue weighted by Gasteiger charge is -2.17. The van der Waals surface area contributed by atoms with Crippen molar-refractivity contribution in [3.8, 4) is 0 Å². The zero-order chi connectivity index (χ0) is 14.5. The molecular weight excluding hydrogens is 278 g/mol. The fraction of sp³-hybridized carbons (Fsp3) is 0.333. The summed E-state index contributed by atoms with van der Waals surface area (Å²) in [6.45, 7) is 3.56. The lowest BCUT2D eigenvalue weighted by atomic mass is 10.2. The van der Waals surface area contributed by atoms with Crippen molar-refractivity contribution in [1.82, 2.24) is 4.90 Å². The fourth-order valence-electron chi connectivity index (χ4n) is 2.77. The number of hydrogen-bond donors (Lipinski definition) is 1. The van der Waals surface area contributed by atoms with Gasteiger partial charge in [-0.3, -0.25) is 4.90 Å². The molecule has 2 nitrogen and oxygen atoms in total.